The third kappa shape index (κ3) is 2.79. The summed E-state index contributed by atoms with van der Waals surface area (Å²) in [5.41, 5.74) is 7.42. The summed E-state index contributed by atoms with van der Waals surface area (Å²) < 4.78 is 0. The minimum Gasteiger partial charge on any atom is -0.367 e. The van der Waals surface area contributed by atoms with E-state index in [2.05, 4.69) is 165 Å². The van der Waals surface area contributed by atoms with Gasteiger partial charge in [-0.05, 0) is 82.5 Å². The van der Waals surface area contributed by atoms with Crippen LogP contribution in [0.4, 0.5) is 34.1 Å². The van der Waals surface area contributed by atoms with Crippen LogP contribution in [-0.2, 0) is 0 Å². The zero-order valence-electron chi connectivity index (χ0n) is 22.8. The average molecular weight is 534 g/mol. The van der Waals surface area contributed by atoms with Crippen LogP contribution in [0.15, 0.2) is 146 Å². The summed E-state index contributed by atoms with van der Waals surface area (Å²) in [4.78, 5) is 9.73. The quantitative estimate of drug-likeness (QED) is 0.163. The predicted molar refractivity (Wildman–Crippen MR) is 180 cm³/mol. The molecule has 42 heavy (non-hydrogen) atoms. The molecule has 6 aromatic carbocycles. The Labute approximate surface area is 244 Å². The first-order chi connectivity index (χ1) is 20.9. The number of hydrogen-bond acceptors (Lipinski definition) is 4. The second-order valence-corrected chi connectivity index (χ2v) is 11.4. The van der Waals surface area contributed by atoms with Gasteiger partial charge in [0, 0.05) is 22.1 Å². The third-order valence-corrected chi connectivity index (χ3v) is 9.36. The molecule has 0 aromatic heterocycles. The predicted octanol–water partition coefficient (Wildman–Crippen LogP) is 8.72. The lowest BCUT2D eigenvalue weighted by atomic mass is 9.70. The number of para-hydroxylation sites is 4. The van der Waals surface area contributed by atoms with Crippen molar-refractivity contribution in [2.24, 2.45) is 0 Å². The van der Waals surface area contributed by atoms with Crippen molar-refractivity contribution in [2.45, 2.75) is 0 Å². The topological polar surface area (TPSA) is 13.0 Å². The molecule has 4 aliphatic heterocycles. The number of anilines is 6. The van der Waals surface area contributed by atoms with Gasteiger partial charge in [0.05, 0.1) is 22.7 Å². The molecule has 0 spiro atoms. The highest BCUT2D eigenvalue weighted by Gasteiger charge is 2.41. The minimum atomic E-state index is 0.111. The average Bonchev–Trinajstić information content (AvgIpc) is 3.57. The Morgan fingerprint density at radius 2 is 0.810 bits per heavy atom. The van der Waals surface area contributed by atoms with Crippen LogP contribution in [-0.4, -0.2) is 14.0 Å². The maximum atomic E-state index is 2.50. The van der Waals surface area contributed by atoms with E-state index in [1.807, 2.05) is 0 Å². The molecule has 0 fully saturated rings. The van der Waals surface area contributed by atoms with Gasteiger partial charge in [-0.2, -0.15) is 0 Å². The molecule has 6 aromatic rings. The molecule has 194 valence electrons. The monoisotopic (exact) mass is 534 g/mol. The normalized spacial score (nSPS) is 16.4. The molecule has 0 radical (unpaired) electrons. The van der Waals surface area contributed by atoms with E-state index in [4.69, 9.17) is 0 Å². The lowest BCUT2D eigenvalue weighted by molar-refractivity contribution is 1.40. The fraction of sp³-hybridized carbons (Fsp3) is 0. The van der Waals surface area contributed by atoms with E-state index >= 15 is 0 Å². The van der Waals surface area contributed by atoms with Crippen molar-refractivity contribution in [1.82, 2.24) is 0 Å². The van der Waals surface area contributed by atoms with E-state index in [0.717, 1.165) is 0 Å². The fourth-order valence-electron chi connectivity index (χ4n) is 7.63. The Hall–Kier alpha value is -5.35. The van der Waals surface area contributed by atoms with Crippen LogP contribution in [0, 0.1) is 0 Å². The summed E-state index contributed by atoms with van der Waals surface area (Å²) in [6.07, 6.45) is 13.0. The second kappa shape index (κ2) is 8.11. The second-order valence-electron chi connectivity index (χ2n) is 11.4. The summed E-state index contributed by atoms with van der Waals surface area (Å²) in [6.45, 7) is 0.222. The van der Waals surface area contributed by atoms with Gasteiger partial charge < -0.3 is 19.2 Å². The fourth-order valence-corrected chi connectivity index (χ4v) is 7.63. The number of rotatable bonds is 2. The maximum Gasteiger partial charge on any atom is 0.412 e. The molecule has 4 nitrogen and oxygen atoms in total. The van der Waals surface area contributed by atoms with E-state index in [9.17, 15) is 0 Å². The zero-order chi connectivity index (χ0) is 27.4. The Kier molecular flexibility index (Phi) is 4.32. The number of hydrogen-bond donors (Lipinski definition) is 0. The van der Waals surface area contributed by atoms with Gasteiger partial charge in [-0.15, -0.1) is 0 Å². The van der Waals surface area contributed by atoms with Crippen molar-refractivity contribution in [2.75, 3.05) is 19.2 Å². The highest BCUT2D eigenvalue weighted by Crippen LogP contribution is 2.50. The summed E-state index contributed by atoms with van der Waals surface area (Å²) in [5, 5.41) is 7.78. The van der Waals surface area contributed by atoms with E-state index < -0.39 is 0 Å². The number of benzene rings is 6. The van der Waals surface area contributed by atoms with Gasteiger partial charge in [0.15, 0.2) is 0 Å². The molecule has 4 aliphatic rings. The third-order valence-electron chi connectivity index (χ3n) is 9.36. The number of nitrogens with zero attached hydrogens (tertiary/aromatic N) is 4. The molecular formula is C36H24B2N4. The van der Waals surface area contributed by atoms with Crippen molar-refractivity contribution in [3.8, 4) is 0 Å². The zero-order valence-corrected chi connectivity index (χ0v) is 22.8. The van der Waals surface area contributed by atoms with E-state index in [-0.39, 0.29) is 14.0 Å². The molecule has 0 aliphatic carbocycles. The first-order valence-electron chi connectivity index (χ1n) is 14.6. The van der Waals surface area contributed by atoms with Crippen molar-refractivity contribution >= 4 is 80.4 Å². The Morgan fingerprint density at radius 3 is 1.29 bits per heavy atom. The highest BCUT2D eigenvalue weighted by atomic mass is 15.3. The molecular weight excluding hydrogens is 510 g/mol. The van der Waals surface area contributed by atoms with E-state index in [0.29, 0.717) is 0 Å². The molecule has 0 saturated carbocycles. The smallest absolute Gasteiger partial charge is 0.367 e. The first kappa shape index (κ1) is 22.4. The lowest BCUT2D eigenvalue weighted by Gasteiger charge is -2.30. The first-order valence-corrected chi connectivity index (χ1v) is 14.6. The Bertz CT molecular complexity index is 2060. The van der Waals surface area contributed by atoms with Crippen molar-refractivity contribution in [3.05, 3.63) is 146 Å². The van der Waals surface area contributed by atoms with Gasteiger partial charge in [-0.3, -0.25) is 0 Å². The molecule has 0 saturated heterocycles. The van der Waals surface area contributed by atoms with Crippen molar-refractivity contribution in [3.63, 3.8) is 0 Å². The maximum absolute atomic E-state index is 2.50. The van der Waals surface area contributed by atoms with E-state index in [1.165, 1.54) is 66.4 Å². The van der Waals surface area contributed by atoms with E-state index in [1.54, 1.807) is 0 Å². The van der Waals surface area contributed by atoms with Gasteiger partial charge in [-0.25, -0.2) is 0 Å². The number of fused-ring (bicyclic) bond motifs is 6. The Morgan fingerprint density at radius 1 is 0.381 bits per heavy atom. The van der Waals surface area contributed by atoms with Crippen molar-refractivity contribution < 1.29 is 0 Å². The summed E-state index contributed by atoms with van der Waals surface area (Å²) in [5.74, 6) is 4.58. The van der Waals surface area contributed by atoms with Gasteiger partial charge in [-0.1, -0.05) is 84.8 Å². The molecule has 4 heterocycles. The Balaban J connectivity index is 1.23. The van der Waals surface area contributed by atoms with Crippen LogP contribution in [0.5, 0.6) is 0 Å². The van der Waals surface area contributed by atoms with Crippen LogP contribution >= 0.6 is 0 Å². The van der Waals surface area contributed by atoms with Crippen LogP contribution in [0.1, 0.15) is 0 Å². The van der Waals surface area contributed by atoms with Crippen LogP contribution in [0.25, 0.3) is 32.3 Å². The summed E-state index contributed by atoms with van der Waals surface area (Å²) in [7, 11) is 0. The van der Waals surface area contributed by atoms with Crippen LogP contribution in [0.3, 0.4) is 0 Å². The van der Waals surface area contributed by atoms with Gasteiger partial charge in [0.25, 0.3) is 0 Å². The van der Waals surface area contributed by atoms with Crippen molar-refractivity contribution in [1.29, 1.82) is 0 Å². The van der Waals surface area contributed by atoms with Gasteiger partial charge in [0.1, 0.15) is 0 Å². The SMILES string of the molecule is C1=CB2N(C=C1)c1ccccc1N2c1ccc2ccc3c(N4B5C=CC=CN5c5ccccc54)ccc4ccc1c2c43. The molecule has 0 bridgehead atoms. The molecule has 0 N–H and O–H groups in total. The lowest BCUT2D eigenvalue weighted by Crippen LogP contribution is -2.43. The standard InChI is InChI=1S/C36H24B2N4/c1-3-11-33-31(9-1)39-23-7-5-21-37(39)41(33)29-19-15-25-14-18-28-30(20-16-26-13-17-27(29)35(25)36(26)28)42-34-12-4-2-10-32(34)40-24-8-6-22-38(40)42/h1-24H. The molecule has 6 heteroatoms. The summed E-state index contributed by atoms with van der Waals surface area (Å²) >= 11 is 0. The number of allylic oxidation sites excluding steroid dienone is 4. The molecule has 0 atom stereocenters. The summed E-state index contributed by atoms with van der Waals surface area (Å²) in [6, 6.07) is 36.0. The largest absolute Gasteiger partial charge is 0.412 e. The van der Waals surface area contributed by atoms with Gasteiger partial charge >= 0.3 is 14.0 Å². The van der Waals surface area contributed by atoms with Crippen LogP contribution in [0.2, 0.25) is 0 Å². The van der Waals surface area contributed by atoms with Crippen LogP contribution < -0.4 is 19.2 Å². The molecule has 0 amide bonds. The van der Waals surface area contributed by atoms with Gasteiger partial charge in [0.2, 0.25) is 0 Å². The molecule has 0 unspecified atom stereocenters. The minimum absolute atomic E-state index is 0.111. The molecule has 10 rings (SSSR count). The highest BCUT2D eigenvalue weighted by molar-refractivity contribution is 6.77.